The standard InChI is InChI=1S/C27H26ClN3O3S2/c1-16(2)21-12-18-22(14-34-21)36-25-24(18)26(33)31(13-17-8-4-3-5-9-17)27(30-25)35-15-23(32)29-20-11-7-6-10-19(20)28/h3-11,16,21H,12-15H2,1-2H3,(H,29,32)/t21-/m1/s1. The van der Waals surface area contributed by atoms with Gasteiger partial charge in [0.2, 0.25) is 5.91 Å². The molecule has 0 radical (unpaired) electrons. The van der Waals surface area contributed by atoms with Gasteiger partial charge in [-0.05, 0) is 29.2 Å². The first-order valence-electron chi connectivity index (χ1n) is 11.8. The summed E-state index contributed by atoms with van der Waals surface area (Å²) in [5.41, 5.74) is 2.54. The summed E-state index contributed by atoms with van der Waals surface area (Å²) in [6, 6.07) is 16.9. The van der Waals surface area contributed by atoms with Crippen LogP contribution in [0.4, 0.5) is 5.69 Å². The molecule has 0 bridgehead atoms. The van der Waals surface area contributed by atoms with Gasteiger partial charge >= 0.3 is 0 Å². The summed E-state index contributed by atoms with van der Waals surface area (Å²) in [6.07, 6.45) is 0.793. The van der Waals surface area contributed by atoms with Crippen LogP contribution in [-0.4, -0.2) is 27.3 Å². The number of nitrogens with zero attached hydrogens (tertiary/aromatic N) is 2. The number of carbonyl (C=O) groups excluding carboxylic acids is 1. The summed E-state index contributed by atoms with van der Waals surface area (Å²) in [7, 11) is 0. The van der Waals surface area contributed by atoms with Gasteiger partial charge in [-0.15, -0.1) is 11.3 Å². The molecule has 0 fully saturated rings. The Hall–Kier alpha value is -2.65. The molecule has 186 valence electrons. The van der Waals surface area contributed by atoms with Gasteiger partial charge < -0.3 is 10.1 Å². The van der Waals surface area contributed by atoms with Crippen LogP contribution in [0.5, 0.6) is 0 Å². The van der Waals surface area contributed by atoms with E-state index in [0.717, 1.165) is 16.0 Å². The van der Waals surface area contributed by atoms with E-state index in [9.17, 15) is 9.59 Å². The largest absolute Gasteiger partial charge is 0.372 e. The van der Waals surface area contributed by atoms with Crippen molar-refractivity contribution < 1.29 is 9.53 Å². The van der Waals surface area contributed by atoms with Gasteiger partial charge in [-0.25, -0.2) is 4.98 Å². The Balaban J connectivity index is 1.49. The van der Waals surface area contributed by atoms with Gasteiger partial charge in [0.1, 0.15) is 4.83 Å². The number of carbonyl (C=O) groups is 1. The fourth-order valence-corrected chi connectivity index (χ4v) is 6.41. The van der Waals surface area contributed by atoms with Crippen molar-refractivity contribution in [1.29, 1.82) is 0 Å². The number of nitrogens with one attached hydrogen (secondary N) is 1. The van der Waals surface area contributed by atoms with E-state index in [-0.39, 0.29) is 23.3 Å². The molecule has 0 spiro atoms. The van der Waals surface area contributed by atoms with Crippen molar-refractivity contribution in [3.63, 3.8) is 0 Å². The Morgan fingerprint density at radius 3 is 2.72 bits per heavy atom. The van der Waals surface area contributed by atoms with E-state index in [4.69, 9.17) is 21.3 Å². The highest BCUT2D eigenvalue weighted by atomic mass is 35.5. The van der Waals surface area contributed by atoms with Crippen LogP contribution in [0.1, 0.15) is 29.9 Å². The number of rotatable bonds is 7. The van der Waals surface area contributed by atoms with Gasteiger partial charge in [0, 0.05) is 11.3 Å². The first-order chi connectivity index (χ1) is 17.4. The van der Waals surface area contributed by atoms with Crippen LogP contribution in [-0.2, 0) is 29.1 Å². The molecule has 1 atom stereocenters. The maximum atomic E-state index is 13.9. The van der Waals surface area contributed by atoms with Gasteiger partial charge in [0.15, 0.2) is 5.16 Å². The molecule has 0 aliphatic carbocycles. The van der Waals surface area contributed by atoms with Crippen LogP contribution in [0.2, 0.25) is 5.02 Å². The Kier molecular flexibility index (Phi) is 7.48. The smallest absolute Gasteiger partial charge is 0.263 e. The summed E-state index contributed by atoms with van der Waals surface area (Å²) in [6.45, 7) is 5.16. The predicted molar refractivity (Wildman–Crippen MR) is 147 cm³/mol. The zero-order chi connectivity index (χ0) is 25.2. The monoisotopic (exact) mass is 539 g/mol. The molecule has 1 aliphatic heterocycles. The maximum Gasteiger partial charge on any atom is 0.263 e. The molecule has 9 heteroatoms. The zero-order valence-corrected chi connectivity index (χ0v) is 22.4. The number of aromatic nitrogens is 2. The van der Waals surface area contributed by atoms with E-state index in [1.54, 1.807) is 16.7 Å². The molecule has 4 aromatic rings. The third kappa shape index (κ3) is 5.22. The third-order valence-corrected chi connectivity index (χ3v) is 8.61. The van der Waals surface area contributed by atoms with Crippen LogP contribution < -0.4 is 10.9 Å². The second-order valence-electron chi connectivity index (χ2n) is 9.07. The fourth-order valence-electron chi connectivity index (χ4n) is 4.26. The SMILES string of the molecule is CC(C)[C@H]1Cc2c(sc3nc(SCC(=O)Nc4ccccc4Cl)n(Cc4ccccc4)c(=O)c23)CO1. The highest BCUT2D eigenvalue weighted by Gasteiger charge is 2.28. The maximum absolute atomic E-state index is 13.9. The molecular weight excluding hydrogens is 514 g/mol. The molecule has 0 unspecified atom stereocenters. The van der Waals surface area contributed by atoms with Crippen LogP contribution in [0.25, 0.3) is 10.2 Å². The van der Waals surface area contributed by atoms with E-state index in [0.29, 0.717) is 51.6 Å². The summed E-state index contributed by atoms with van der Waals surface area (Å²) < 4.78 is 7.73. The number of amides is 1. The topological polar surface area (TPSA) is 73.2 Å². The molecule has 3 heterocycles. The van der Waals surface area contributed by atoms with Gasteiger partial charge in [-0.1, -0.05) is 79.7 Å². The molecule has 2 aromatic heterocycles. The number of thioether (sulfide) groups is 1. The van der Waals surface area contributed by atoms with Crippen molar-refractivity contribution in [2.45, 2.75) is 44.7 Å². The molecule has 1 aliphatic rings. The summed E-state index contributed by atoms with van der Waals surface area (Å²) >= 11 is 8.95. The minimum absolute atomic E-state index is 0.0697. The number of para-hydroxylation sites is 1. The number of thiophene rings is 1. The number of fused-ring (bicyclic) bond motifs is 3. The predicted octanol–water partition coefficient (Wildman–Crippen LogP) is 5.99. The van der Waals surface area contributed by atoms with Crippen molar-refractivity contribution >= 4 is 56.5 Å². The van der Waals surface area contributed by atoms with E-state index < -0.39 is 0 Å². The lowest BCUT2D eigenvalue weighted by Crippen LogP contribution is -2.29. The Morgan fingerprint density at radius 2 is 1.97 bits per heavy atom. The lowest BCUT2D eigenvalue weighted by atomic mass is 9.96. The molecule has 36 heavy (non-hydrogen) atoms. The van der Waals surface area contributed by atoms with Crippen LogP contribution in [0.15, 0.2) is 64.5 Å². The highest BCUT2D eigenvalue weighted by molar-refractivity contribution is 7.99. The Bertz CT molecular complexity index is 1470. The molecule has 2 aromatic carbocycles. The normalized spacial score (nSPS) is 15.3. The first-order valence-corrected chi connectivity index (χ1v) is 14.0. The van der Waals surface area contributed by atoms with Crippen molar-refractivity contribution in [3.8, 4) is 0 Å². The van der Waals surface area contributed by atoms with Crippen LogP contribution in [0.3, 0.4) is 0 Å². The zero-order valence-electron chi connectivity index (χ0n) is 20.0. The average molecular weight is 540 g/mol. The number of halogens is 1. The molecule has 1 N–H and O–H groups in total. The lowest BCUT2D eigenvalue weighted by Gasteiger charge is -2.26. The van der Waals surface area contributed by atoms with Crippen molar-refractivity contribution in [2.75, 3.05) is 11.1 Å². The fraction of sp³-hybridized carbons (Fsp3) is 0.296. The quantitative estimate of drug-likeness (QED) is 0.231. The summed E-state index contributed by atoms with van der Waals surface area (Å²) in [4.78, 5) is 33.3. The van der Waals surface area contributed by atoms with Gasteiger partial charge in [-0.3, -0.25) is 14.2 Å². The second kappa shape index (κ2) is 10.8. The minimum atomic E-state index is -0.215. The molecule has 6 nitrogen and oxygen atoms in total. The number of hydrogen-bond acceptors (Lipinski definition) is 6. The minimum Gasteiger partial charge on any atom is -0.372 e. The first kappa shape index (κ1) is 25.0. The molecule has 0 saturated heterocycles. The van der Waals surface area contributed by atoms with E-state index >= 15 is 0 Å². The molecule has 5 rings (SSSR count). The van der Waals surface area contributed by atoms with Gasteiger partial charge in [0.05, 0.1) is 41.1 Å². The number of benzene rings is 2. The molecule has 1 amide bonds. The molecule has 0 saturated carbocycles. The lowest BCUT2D eigenvalue weighted by molar-refractivity contribution is -0.113. The summed E-state index contributed by atoms with van der Waals surface area (Å²) in [5.74, 6) is 0.244. The van der Waals surface area contributed by atoms with Gasteiger partial charge in [0.25, 0.3) is 5.56 Å². The van der Waals surface area contributed by atoms with E-state index in [2.05, 4.69) is 19.2 Å². The van der Waals surface area contributed by atoms with Crippen molar-refractivity contribution in [3.05, 3.63) is 86.0 Å². The van der Waals surface area contributed by atoms with Crippen LogP contribution in [0, 0.1) is 5.92 Å². The second-order valence-corrected chi connectivity index (χ2v) is 11.5. The number of ether oxygens (including phenoxy) is 1. The van der Waals surface area contributed by atoms with Crippen molar-refractivity contribution in [2.24, 2.45) is 5.92 Å². The highest BCUT2D eigenvalue weighted by Crippen LogP contribution is 2.36. The van der Waals surface area contributed by atoms with E-state index in [1.165, 1.54) is 23.1 Å². The third-order valence-electron chi connectivity index (χ3n) is 6.20. The van der Waals surface area contributed by atoms with E-state index in [1.807, 2.05) is 42.5 Å². The molecular formula is C27H26ClN3O3S2. The van der Waals surface area contributed by atoms with Crippen molar-refractivity contribution in [1.82, 2.24) is 9.55 Å². The summed E-state index contributed by atoms with van der Waals surface area (Å²) in [5, 5.41) is 4.51. The van der Waals surface area contributed by atoms with Gasteiger partial charge in [-0.2, -0.15) is 0 Å². The number of anilines is 1. The Morgan fingerprint density at radius 1 is 1.22 bits per heavy atom. The number of hydrogen-bond donors (Lipinski definition) is 1. The van der Waals surface area contributed by atoms with Crippen LogP contribution >= 0.6 is 34.7 Å². The Labute approximate surface area is 222 Å². The average Bonchev–Trinajstić information content (AvgIpc) is 3.24.